The van der Waals surface area contributed by atoms with E-state index in [9.17, 15) is 5.11 Å². The Labute approximate surface area is 152 Å². The van der Waals surface area contributed by atoms with Gasteiger partial charge in [0.25, 0.3) is 0 Å². The zero-order chi connectivity index (χ0) is 18.1. The maximum atomic E-state index is 9.28. The van der Waals surface area contributed by atoms with Crippen LogP contribution in [0.4, 0.5) is 0 Å². The lowest BCUT2D eigenvalue weighted by molar-refractivity contribution is 0.0288. The number of aromatic nitrogens is 4. The molecule has 0 saturated carbocycles. The van der Waals surface area contributed by atoms with Gasteiger partial charge in [0.1, 0.15) is 18.3 Å². The number of hydrogen-bond donors (Lipinski definition) is 2. The molecule has 0 radical (unpaired) electrons. The molecule has 26 heavy (non-hydrogen) atoms. The van der Waals surface area contributed by atoms with Gasteiger partial charge in [0, 0.05) is 43.1 Å². The van der Waals surface area contributed by atoms with Crippen LogP contribution in [0.2, 0.25) is 0 Å². The van der Waals surface area contributed by atoms with Gasteiger partial charge >= 0.3 is 0 Å². The van der Waals surface area contributed by atoms with Crippen LogP contribution < -0.4 is 0 Å². The van der Waals surface area contributed by atoms with E-state index in [1.54, 1.807) is 0 Å². The van der Waals surface area contributed by atoms with E-state index in [2.05, 4.69) is 44.3 Å². The maximum Gasteiger partial charge on any atom is 0.133 e. The van der Waals surface area contributed by atoms with Crippen LogP contribution in [0.1, 0.15) is 25.5 Å². The summed E-state index contributed by atoms with van der Waals surface area (Å²) in [6, 6.07) is 6.07. The second-order valence-electron chi connectivity index (χ2n) is 7.44. The molecule has 0 bridgehead atoms. The van der Waals surface area contributed by atoms with Gasteiger partial charge < -0.3 is 19.4 Å². The third-order valence-electron chi connectivity index (χ3n) is 4.91. The predicted octanol–water partition coefficient (Wildman–Crippen LogP) is 1.85. The van der Waals surface area contributed by atoms with Crippen molar-refractivity contribution in [2.45, 2.75) is 25.9 Å². The molecule has 7 heteroatoms. The summed E-state index contributed by atoms with van der Waals surface area (Å²) in [7, 11) is 0. The molecule has 1 aliphatic rings. The Balaban J connectivity index is 1.65. The molecule has 1 fully saturated rings. The maximum absolute atomic E-state index is 9.28. The van der Waals surface area contributed by atoms with Crippen LogP contribution in [0, 0.1) is 0 Å². The number of nitrogens with zero attached hydrogens (tertiary/aromatic N) is 4. The SMILES string of the molecule is CC(C)(CN1CCOCC1)c1nccn1-c1ccc2nc(CO)[nH]c2c1. The number of ether oxygens (including phenoxy) is 1. The molecule has 1 saturated heterocycles. The quantitative estimate of drug-likeness (QED) is 0.730. The highest BCUT2D eigenvalue weighted by atomic mass is 16.5. The van der Waals surface area contributed by atoms with Gasteiger partial charge in [-0.15, -0.1) is 0 Å². The Hall–Kier alpha value is -2.22. The molecule has 3 heterocycles. The number of hydrogen-bond acceptors (Lipinski definition) is 5. The van der Waals surface area contributed by atoms with E-state index in [1.165, 1.54) is 0 Å². The molecule has 0 atom stereocenters. The number of fused-ring (bicyclic) bond motifs is 1. The minimum Gasteiger partial charge on any atom is -0.388 e. The van der Waals surface area contributed by atoms with E-state index in [4.69, 9.17) is 4.74 Å². The Morgan fingerprint density at radius 2 is 2.08 bits per heavy atom. The standard InChI is InChI=1S/C19H25N5O2/c1-19(2,13-23-7-9-26-10-8-23)18-20-5-6-24(18)14-3-4-15-16(11-14)22-17(12-25)21-15/h3-6,11,25H,7-10,12-13H2,1-2H3,(H,21,22). The van der Waals surface area contributed by atoms with Crippen LogP contribution >= 0.6 is 0 Å². The van der Waals surface area contributed by atoms with E-state index < -0.39 is 0 Å². The fourth-order valence-corrected chi connectivity index (χ4v) is 3.68. The van der Waals surface area contributed by atoms with Crippen molar-refractivity contribution >= 4 is 11.0 Å². The Kier molecular flexibility index (Phi) is 4.52. The first-order valence-corrected chi connectivity index (χ1v) is 9.01. The number of H-pyrrole nitrogens is 1. The number of benzene rings is 1. The zero-order valence-electron chi connectivity index (χ0n) is 15.3. The van der Waals surface area contributed by atoms with Crippen LogP contribution in [-0.2, 0) is 16.8 Å². The largest absolute Gasteiger partial charge is 0.388 e. The monoisotopic (exact) mass is 355 g/mol. The van der Waals surface area contributed by atoms with Gasteiger partial charge in [0.2, 0.25) is 0 Å². The normalized spacial score (nSPS) is 16.4. The van der Waals surface area contributed by atoms with Crippen molar-refractivity contribution in [3.05, 3.63) is 42.2 Å². The van der Waals surface area contributed by atoms with Crippen LogP contribution in [-0.4, -0.2) is 62.4 Å². The molecule has 4 rings (SSSR count). The predicted molar refractivity (Wildman–Crippen MR) is 99.4 cm³/mol. The van der Waals surface area contributed by atoms with Crippen molar-refractivity contribution in [1.29, 1.82) is 0 Å². The van der Waals surface area contributed by atoms with Crippen LogP contribution in [0.15, 0.2) is 30.6 Å². The number of aromatic amines is 1. The third kappa shape index (κ3) is 3.25. The first-order valence-electron chi connectivity index (χ1n) is 9.01. The minimum atomic E-state index is -0.0972. The first-order chi connectivity index (χ1) is 12.6. The molecule has 0 unspecified atom stereocenters. The van der Waals surface area contributed by atoms with Gasteiger partial charge in [0.05, 0.1) is 24.2 Å². The van der Waals surface area contributed by atoms with Crippen molar-refractivity contribution < 1.29 is 9.84 Å². The average molecular weight is 355 g/mol. The topological polar surface area (TPSA) is 79.2 Å². The number of morpholine rings is 1. The highest BCUT2D eigenvalue weighted by molar-refractivity contribution is 5.77. The van der Waals surface area contributed by atoms with Crippen molar-refractivity contribution in [3.8, 4) is 5.69 Å². The van der Waals surface area contributed by atoms with Gasteiger partial charge in [-0.25, -0.2) is 9.97 Å². The summed E-state index contributed by atoms with van der Waals surface area (Å²) in [4.78, 5) is 14.6. The van der Waals surface area contributed by atoms with E-state index >= 15 is 0 Å². The van der Waals surface area contributed by atoms with Crippen molar-refractivity contribution in [2.75, 3.05) is 32.8 Å². The van der Waals surface area contributed by atoms with Crippen molar-refractivity contribution in [3.63, 3.8) is 0 Å². The summed E-state index contributed by atoms with van der Waals surface area (Å²) in [6.07, 6.45) is 3.85. The van der Waals surface area contributed by atoms with Crippen LogP contribution in [0.3, 0.4) is 0 Å². The van der Waals surface area contributed by atoms with Crippen LogP contribution in [0.25, 0.3) is 16.7 Å². The lowest BCUT2D eigenvalue weighted by Gasteiger charge is -2.34. The van der Waals surface area contributed by atoms with E-state index in [0.29, 0.717) is 5.82 Å². The fraction of sp³-hybridized carbons (Fsp3) is 0.474. The van der Waals surface area contributed by atoms with Gasteiger partial charge in [-0.2, -0.15) is 0 Å². The molecule has 0 amide bonds. The number of imidazole rings is 2. The Morgan fingerprint density at radius 3 is 2.85 bits per heavy atom. The number of rotatable bonds is 5. The molecular weight excluding hydrogens is 330 g/mol. The van der Waals surface area contributed by atoms with Gasteiger partial charge in [-0.3, -0.25) is 4.90 Å². The third-order valence-corrected chi connectivity index (χ3v) is 4.91. The van der Waals surface area contributed by atoms with Crippen molar-refractivity contribution in [2.24, 2.45) is 0 Å². The molecule has 138 valence electrons. The Morgan fingerprint density at radius 1 is 1.27 bits per heavy atom. The van der Waals surface area contributed by atoms with Crippen LogP contribution in [0.5, 0.6) is 0 Å². The second-order valence-corrected chi connectivity index (χ2v) is 7.44. The average Bonchev–Trinajstić information content (AvgIpc) is 3.28. The lowest BCUT2D eigenvalue weighted by Crippen LogP contribution is -2.44. The van der Waals surface area contributed by atoms with E-state index in [-0.39, 0.29) is 12.0 Å². The van der Waals surface area contributed by atoms with Crippen molar-refractivity contribution in [1.82, 2.24) is 24.4 Å². The summed E-state index contributed by atoms with van der Waals surface area (Å²) in [5.74, 6) is 1.61. The molecule has 3 aromatic rings. The number of aliphatic hydroxyl groups excluding tert-OH is 1. The van der Waals surface area contributed by atoms with E-state index in [1.807, 2.05) is 24.5 Å². The summed E-state index contributed by atoms with van der Waals surface area (Å²) < 4.78 is 7.60. The minimum absolute atomic E-state index is 0.0904. The molecule has 1 aliphatic heterocycles. The highest BCUT2D eigenvalue weighted by Crippen LogP contribution is 2.27. The summed E-state index contributed by atoms with van der Waals surface area (Å²) >= 11 is 0. The smallest absolute Gasteiger partial charge is 0.133 e. The summed E-state index contributed by atoms with van der Waals surface area (Å²) in [6.45, 7) is 8.85. The first kappa shape index (κ1) is 17.2. The molecule has 2 aromatic heterocycles. The fourth-order valence-electron chi connectivity index (χ4n) is 3.68. The molecule has 0 aliphatic carbocycles. The van der Waals surface area contributed by atoms with Gasteiger partial charge in [-0.05, 0) is 18.2 Å². The zero-order valence-corrected chi connectivity index (χ0v) is 15.3. The molecule has 1 aromatic carbocycles. The lowest BCUT2D eigenvalue weighted by atomic mass is 9.91. The van der Waals surface area contributed by atoms with Gasteiger partial charge in [-0.1, -0.05) is 13.8 Å². The molecular formula is C19H25N5O2. The number of aliphatic hydroxyl groups is 1. The number of nitrogens with one attached hydrogen (secondary N) is 1. The second kappa shape index (κ2) is 6.83. The highest BCUT2D eigenvalue weighted by Gasteiger charge is 2.29. The molecule has 7 nitrogen and oxygen atoms in total. The summed E-state index contributed by atoms with van der Waals surface area (Å²) in [5.41, 5.74) is 2.71. The molecule has 2 N–H and O–H groups in total. The van der Waals surface area contributed by atoms with E-state index in [0.717, 1.165) is 55.4 Å². The summed E-state index contributed by atoms with van der Waals surface area (Å²) in [5, 5.41) is 9.28. The van der Waals surface area contributed by atoms with Gasteiger partial charge in [0.15, 0.2) is 0 Å². The molecule has 0 spiro atoms. The Bertz CT molecular complexity index is 892.